The zero-order valence-corrected chi connectivity index (χ0v) is 8.02. The lowest BCUT2D eigenvalue weighted by Gasteiger charge is -2.06. The maximum atomic E-state index is 10.6. The van der Waals surface area contributed by atoms with E-state index in [1.54, 1.807) is 12.3 Å². The number of carboxylic acids is 1. The SMILES string of the molecule is O=C(O)C1=C[C@@H]2N=CC(Br)=CC2=N1. The average Bonchev–Trinajstić information content (AvgIpc) is 2.46. The van der Waals surface area contributed by atoms with E-state index in [2.05, 4.69) is 25.9 Å². The third-order valence-electron chi connectivity index (χ3n) is 1.73. The Kier molecular flexibility index (Phi) is 1.88. The first-order chi connectivity index (χ1) is 6.16. The minimum absolute atomic E-state index is 0.0654. The molecular formula is C8H5BrN2O2. The second-order valence-corrected chi connectivity index (χ2v) is 3.56. The molecule has 0 aliphatic carbocycles. The number of hydrogen-bond donors (Lipinski definition) is 1. The Morgan fingerprint density at radius 1 is 1.62 bits per heavy atom. The molecule has 0 fully saturated rings. The van der Waals surface area contributed by atoms with Crippen molar-refractivity contribution in [1.29, 1.82) is 0 Å². The number of carboxylic acid groups (broad SMARTS) is 1. The number of hydrogen-bond acceptors (Lipinski definition) is 3. The second-order valence-electron chi connectivity index (χ2n) is 2.65. The molecule has 0 aromatic carbocycles. The maximum Gasteiger partial charge on any atom is 0.354 e. The van der Waals surface area contributed by atoms with Crippen LogP contribution in [0.3, 0.4) is 0 Å². The summed E-state index contributed by atoms with van der Waals surface area (Å²) in [5.41, 5.74) is 0.738. The van der Waals surface area contributed by atoms with Gasteiger partial charge in [0.15, 0.2) is 0 Å². The van der Waals surface area contributed by atoms with Gasteiger partial charge in [-0.2, -0.15) is 0 Å². The topological polar surface area (TPSA) is 62.0 Å². The van der Waals surface area contributed by atoms with Gasteiger partial charge in [-0.25, -0.2) is 9.79 Å². The van der Waals surface area contributed by atoms with Gasteiger partial charge in [-0.3, -0.25) is 4.99 Å². The normalized spacial score (nSPS) is 24.7. The first-order valence-electron chi connectivity index (χ1n) is 3.61. The van der Waals surface area contributed by atoms with E-state index < -0.39 is 5.97 Å². The molecular weight excluding hydrogens is 236 g/mol. The van der Waals surface area contributed by atoms with E-state index in [4.69, 9.17) is 5.11 Å². The molecule has 66 valence electrons. The van der Waals surface area contributed by atoms with Crippen LogP contribution >= 0.6 is 15.9 Å². The molecule has 0 saturated carbocycles. The standard InChI is InChI=1S/C8H5BrN2O2/c9-4-1-6-5(10-3-4)2-7(11-6)8(12)13/h1-3,5H,(H,12,13)/t5-/m0/s1. The van der Waals surface area contributed by atoms with Crippen molar-refractivity contribution < 1.29 is 9.90 Å². The van der Waals surface area contributed by atoms with Crippen LogP contribution in [-0.4, -0.2) is 29.0 Å². The number of carbonyl (C=O) groups is 1. The molecule has 2 aliphatic heterocycles. The Bertz CT molecular complexity index is 393. The lowest BCUT2D eigenvalue weighted by molar-refractivity contribution is -0.132. The maximum absolute atomic E-state index is 10.6. The van der Waals surface area contributed by atoms with Gasteiger partial charge in [-0.15, -0.1) is 0 Å². The van der Waals surface area contributed by atoms with Crippen LogP contribution in [0.15, 0.2) is 32.3 Å². The van der Waals surface area contributed by atoms with Gasteiger partial charge in [-0.1, -0.05) is 0 Å². The number of aliphatic carboxylic acids is 1. The molecule has 0 aromatic rings. The molecule has 0 amide bonds. The van der Waals surface area contributed by atoms with Gasteiger partial charge < -0.3 is 5.11 Å². The van der Waals surface area contributed by atoms with Crippen molar-refractivity contribution in [3.63, 3.8) is 0 Å². The van der Waals surface area contributed by atoms with Crippen LogP contribution < -0.4 is 0 Å². The van der Waals surface area contributed by atoms with Crippen molar-refractivity contribution in [2.75, 3.05) is 0 Å². The van der Waals surface area contributed by atoms with Crippen LogP contribution in [0.5, 0.6) is 0 Å². The molecule has 0 aromatic heterocycles. The third-order valence-corrected chi connectivity index (χ3v) is 2.17. The van der Waals surface area contributed by atoms with E-state index in [9.17, 15) is 4.79 Å². The molecule has 0 bridgehead atoms. The largest absolute Gasteiger partial charge is 0.477 e. The van der Waals surface area contributed by atoms with Crippen molar-refractivity contribution >= 4 is 33.8 Å². The van der Waals surface area contributed by atoms with E-state index in [0.29, 0.717) is 5.71 Å². The van der Waals surface area contributed by atoms with Gasteiger partial charge >= 0.3 is 5.97 Å². The number of allylic oxidation sites excluding steroid dienone is 1. The minimum Gasteiger partial charge on any atom is -0.477 e. The van der Waals surface area contributed by atoms with E-state index in [1.807, 2.05) is 0 Å². The highest BCUT2D eigenvalue weighted by molar-refractivity contribution is 9.12. The van der Waals surface area contributed by atoms with E-state index >= 15 is 0 Å². The van der Waals surface area contributed by atoms with Gasteiger partial charge in [0.05, 0.1) is 5.71 Å². The predicted molar refractivity (Wildman–Crippen MR) is 52.4 cm³/mol. The summed E-state index contributed by atoms with van der Waals surface area (Å²) in [7, 11) is 0. The molecule has 2 heterocycles. The minimum atomic E-state index is -1.01. The quantitative estimate of drug-likeness (QED) is 0.748. The summed E-state index contributed by atoms with van der Waals surface area (Å²) in [4.78, 5) is 18.6. The molecule has 1 N–H and O–H groups in total. The molecule has 0 radical (unpaired) electrons. The number of dihydropyridines is 1. The summed E-state index contributed by atoms with van der Waals surface area (Å²) in [6.07, 6.45) is 4.94. The lowest BCUT2D eigenvalue weighted by Crippen LogP contribution is -2.14. The van der Waals surface area contributed by atoms with Gasteiger partial charge in [-0.05, 0) is 28.1 Å². The van der Waals surface area contributed by atoms with E-state index in [1.165, 1.54) is 6.08 Å². The van der Waals surface area contributed by atoms with Crippen molar-refractivity contribution in [3.05, 3.63) is 22.3 Å². The molecule has 4 nitrogen and oxygen atoms in total. The Balaban J connectivity index is 2.36. The second kappa shape index (κ2) is 2.92. The average molecular weight is 241 g/mol. The highest BCUT2D eigenvalue weighted by atomic mass is 79.9. The summed E-state index contributed by atoms with van der Waals surface area (Å²) in [6, 6.07) is -0.215. The highest BCUT2D eigenvalue weighted by Gasteiger charge is 2.23. The Morgan fingerprint density at radius 3 is 3.08 bits per heavy atom. The zero-order chi connectivity index (χ0) is 9.42. The number of nitrogens with zero attached hydrogens (tertiary/aromatic N) is 2. The smallest absolute Gasteiger partial charge is 0.354 e. The van der Waals surface area contributed by atoms with Gasteiger partial charge in [0, 0.05) is 10.7 Å². The van der Waals surface area contributed by atoms with E-state index in [0.717, 1.165) is 4.48 Å². The predicted octanol–water partition coefficient (Wildman–Crippen LogP) is 1.14. The van der Waals surface area contributed by atoms with Crippen molar-refractivity contribution in [1.82, 2.24) is 0 Å². The van der Waals surface area contributed by atoms with Crippen LogP contribution in [0.2, 0.25) is 0 Å². The third kappa shape index (κ3) is 1.47. The summed E-state index contributed by atoms with van der Waals surface area (Å²) in [5, 5.41) is 8.67. The number of aliphatic imine (C=N–C) groups is 2. The van der Waals surface area contributed by atoms with Crippen LogP contribution in [-0.2, 0) is 4.79 Å². The van der Waals surface area contributed by atoms with Gasteiger partial charge in [0.2, 0.25) is 0 Å². The molecule has 2 aliphatic rings. The lowest BCUT2D eigenvalue weighted by atomic mass is 10.1. The fourth-order valence-electron chi connectivity index (χ4n) is 1.16. The van der Waals surface area contributed by atoms with Gasteiger partial charge in [0.25, 0.3) is 0 Å². The monoisotopic (exact) mass is 240 g/mol. The first kappa shape index (κ1) is 8.37. The molecule has 13 heavy (non-hydrogen) atoms. The molecule has 0 spiro atoms. The fourth-order valence-corrected chi connectivity index (χ4v) is 1.52. The Labute approximate surface area is 82.5 Å². The molecule has 0 saturated heterocycles. The zero-order valence-electron chi connectivity index (χ0n) is 6.44. The molecule has 0 unspecified atom stereocenters. The van der Waals surface area contributed by atoms with Crippen molar-refractivity contribution in [2.24, 2.45) is 9.98 Å². The Morgan fingerprint density at radius 2 is 2.38 bits per heavy atom. The summed E-state index contributed by atoms with van der Waals surface area (Å²) >= 11 is 3.24. The van der Waals surface area contributed by atoms with Crippen LogP contribution in [0.1, 0.15) is 0 Å². The Hall–Kier alpha value is -1.23. The molecule has 5 heteroatoms. The summed E-state index contributed by atoms with van der Waals surface area (Å²) in [6.45, 7) is 0. The first-order valence-corrected chi connectivity index (χ1v) is 4.40. The summed E-state index contributed by atoms with van der Waals surface area (Å²) < 4.78 is 0.808. The number of halogens is 1. The van der Waals surface area contributed by atoms with Crippen LogP contribution in [0, 0.1) is 0 Å². The number of fused-ring (bicyclic) bond motifs is 1. The van der Waals surface area contributed by atoms with Gasteiger partial charge in [0.1, 0.15) is 11.7 Å². The number of rotatable bonds is 1. The molecule has 1 atom stereocenters. The fraction of sp³-hybridized carbons (Fsp3) is 0.125. The summed E-state index contributed by atoms with van der Waals surface area (Å²) in [5.74, 6) is -1.01. The molecule has 2 rings (SSSR count). The van der Waals surface area contributed by atoms with E-state index in [-0.39, 0.29) is 11.7 Å². The van der Waals surface area contributed by atoms with Crippen molar-refractivity contribution in [2.45, 2.75) is 6.04 Å². The van der Waals surface area contributed by atoms with Crippen molar-refractivity contribution in [3.8, 4) is 0 Å². The van der Waals surface area contributed by atoms with Crippen LogP contribution in [0.25, 0.3) is 0 Å². The highest BCUT2D eigenvalue weighted by Crippen LogP contribution is 2.20. The van der Waals surface area contributed by atoms with Crippen LogP contribution in [0.4, 0.5) is 0 Å².